The zero-order valence-corrected chi connectivity index (χ0v) is 15.5. The van der Waals surface area contributed by atoms with Gasteiger partial charge in [-0.05, 0) is 19.1 Å². The van der Waals surface area contributed by atoms with E-state index >= 15 is 0 Å². The van der Waals surface area contributed by atoms with Gasteiger partial charge in [0.1, 0.15) is 21.5 Å². The van der Waals surface area contributed by atoms with Crippen molar-refractivity contribution in [2.75, 3.05) is 0 Å². The number of halogens is 1. The van der Waals surface area contributed by atoms with Crippen molar-refractivity contribution < 1.29 is 14.3 Å². The summed E-state index contributed by atoms with van der Waals surface area (Å²) in [4.78, 5) is 44.7. The number of nitrogens with zero attached hydrogens (tertiary/aromatic N) is 4. The van der Waals surface area contributed by atoms with Gasteiger partial charge in [0, 0.05) is 19.7 Å². The molecule has 27 heavy (non-hydrogen) atoms. The summed E-state index contributed by atoms with van der Waals surface area (Å²) in [5, 5.41) is 8.47. The number of aliphatic carboxylic acids is 1. The van der Waals surface area contributed by atoms with Crippen LogP contribution in [0.15, 0.2) is 38.9 Å². The third-order valence-corrected chi connectivity index (χ3v) is 5.06. The molecule has 0 aliphatic carbocycles. The lowest BCUT2D eigenvalue weighted by Crippen LogP contribution is -2.37. The summed E-state index contributed by atoms with van der Waals surface area (Å²) in [6.07, 6.45) is 0. The molecule has 1 atom stereocenters. The quantitative estimate of drug-likeness (QED) is 0.530. The van der Waals surface area contributed by atoms with Gasteiger partial charge in [-0.2, -0.15) is 0 Å². The van der Waals surface area contributed by atoms with Crippen LogP contribution >= 0.6 is 11.8 Å². The molecule has 3 aromatic rings. The lowest BCUT2D eigenvalue weighted by atomic mass is 10.2. The maximum Gasteiger partial charge on any atom is 0.332 e. The number of benzene rings is 1. The van der Waals surface area contributed by atoms with Gasteiger partial charge in [-0.25, -0.2) is 19.2 Å². The molecule has 0 saturated carbocycles. The molecule has 0 fully saturated rings. The number of aryl methyl sites for hydroxylation is 1. The van der Waals surface area contributed by atoms with Gasteiger partial charge >= 0.3 is 11.7 Å². The van der Waals surface area contributed by atoms with Crippen LogP contribution in [0.25, 0.3) is 22.4 Å². The van der Waals surface area contributed by atoms with Crippen LogP contribution in [0, 0.1) is 5.82 Å². The van der Waals surface area contributed by atoms with Crippen molar-refractivity contribution in [3.63, 3.8) is 0 Å². The second-order valence-electron chi connectivity index (χ2n) is 5.87. The molecule has 0 amide bonds. The van der Waals surface area contributed by atoms with Gasteiger partial charge in [0.05, 0.1) is 0 Å². The van der Waals surface area contributed by atoms with E-state index in [2.05, 4.69) is 9.97 Å². The van der Waals surface area contributed by atoms with Gasteiger partial charge in [0.25, 0.3) is 5.56 Å². The zero-order valence-electron chi connectivity index (χ0n) is 14.6. The molecule has 0 aliphatic heterocycles. The average molecular weight is 390 g/mol. The van der Waals surface area contributed by atoms with Crippen LogP contribution in [0.3, 0.4) is 0 Å². The smallest absolute Gasteiger partial charge is 0.332 e. The number of hydrogen-bond acceptors (Lipinski definition) is 6. The normalized spacial score (nSPS) is 12.3. The Morgan fingerprint density at radius 3 is 2.56 bits per heavy atom. The fourth-order valence-corrected chi connectivity index (χ4v) is 3.36. The highest BCUT2D eigenvalue weighted by Crippen LogP contribution is 2.29. The molecule has 140 valence electrons. The van der Waals surface area contributed by atoms with Crippen LogP contribution in [0.2, 0.25) is 0 Å². The predicted molar refractivity (Wildman–Crippen MR) is 98.4 cm³/mol. The molecule has 1 N–H and O–H groups in total. The van der Waals surface area contributed by atoms with Crippen LogP contribution in [-0.4, -0.2) is 35.4 Å². The minimum Gasteiger partial charge on any atom is -0.480 e. The first-order chi connectivity index (χ1) is 12.7. The summed E-state index contributed by atoms with van der Waals surface area (Å²) in [6, 6.07) is 5.54. The number of carboxylic acids is 1. The van der Waals surface area contributed by atoms with Crippen molar-refractivity contribution in [2.24, 2.45) is 14.1 Å². The van der Waals surface area contributed by atoms with Gasteiger partial charge in [-0.15, -0.1) is 0 Å². The number of aromatic nitrogens is 4. The first-order valence-corrected chi connectivity index (χ1v) is 8.72. The molecule has 0 aliphatic rings. The minimum atomic E-state index is -1.08. The number of carboxylic acid groups (broad SMARTS) is 1. The first-order valence-electron chi connectivity index (χ1n) is 7.84. The van der Waals surface area contributed by atoms with E-state index in [4.69, 9.17) is 0 Å². The third-order valence-electron chi connectivity index (χ3n) is 3.99. The molecule has 8 nitrogen and oxygen atoms in total. The molecule has 1 aromatic carbocycles. The van der Waals surface area contributed by atoms with E-state index in [1.807, 2.05) is 0 Å². The van der Waals surface area contributed by atoms with E-state index < -0.39 is 28.3 Å². The molecule has 3 rings (SSSR count). The summed E-state index contributed by atoms with van der Waals surface area (Å²) < 4.78 is 15.7. The van der Waals surface area contributed by atoms with Crippen molar-refractivity contribution in [3.8, 4) is 11.4 Å². The summed E-state index contributed by atoms with van der Waals surface area (Å²) in [5.41, 5.74) is -0.815. The van der Waals surface area contributed by atoms with E-state index in [-0.39, 0.29) is 21.9 Å². The Hall–Kier alpha value is -3.01. The Bertz CT molecular complexity index is 1190. The molecule has 0 spiro atoms. The Morgan fingerprint density at radius 2 is 1.93 bits per heavy atom. The molecule has 10 heteroatoms. The molecule has 2 aromatic heterocycles. The van der Waals surface area contributed by atoms with Gasteiger partial charge in [0.15, 0.2) is 11.5 Å². The van der Waals surface area contributed by atoms with Crippen molar-refractivity contribution >= 4 is 28.8 Å². The molecule has 0 radical (unpaired) electrons. The largest absolute Gasteiger partial charge is 0.480 e. The van der Waals surface area contributed by atoms with Gasteiger partial charge in [0.2, 0.25) is 0 Å². The first kappa shape index (κ1) is 18.8. The number of fused-ring (bicyclic) bond motifs is 1. The molecule has 0 saturated heterocycles. The second-order valence-corrected chi connectivity index (χ2v) is 7.19. The second kappa shape index (κ2) is 6.95. The highest BCUT2D eigenvalue weighted by Gasteiger charge is 2.22. The van der Waals surface area contributed by atoms with Crippen LogP contribution < -0.4 is 11.2 Å². The number of rotatable bonds is 4. The highest BCUT2D eigenvalue weighted by molar-refractivity contribution is 8.00. The van der Waals surface area contributed by atoms with Crippen molar-refractivity contribution in [1.82, 2.24) is 19.1 Å². The molecular formula is C17H15FN4O4S. The lowest BCUT2D eigenvalue weighted by Gasteiger charge is -2.13. The standard InChI is InChI=1S/C17H15FN4O4S/c1-8(16(24)25)27-14-11-13(21(2)17(26)22(3)15(11)23)19-12(20-14)9-5-4-6-10(18)7-9/h4-8H,1-3H3,(H,24,25)/t8-/m1/s1. The van der Waals surface area contributed by atoms with Gasteiger partial charge in [-0.3, -0.25) is 18.7 Å². The fourth-order valence-electron chi connectivity index (χ4n) is 2.49. The summed E-state index contributed by atoms with van der Waals surface area (Å²) in [6.45, 7) is 1.45. The summed E-state index contributed by atoms with van der Waals surface area (Å²) >= 11 is 0.859. The number of hydrogen-bond donors (Lipinski definition) is 1. The minimum absolute atomic E-state index is 0.0397. The Labute approximate surface area is 156 Å². The molecule has 2 heterocycles. The van der Waals surface area contributed by atoms with Crippen LogP contribution in [0.1, 0.15) is 6.92 Å². The lowest BCUT2D eigenvalue weighted by molar-refractivity contribution is -0.136. The highest BCUT2D eigenvalue weighted by atomic mass is 32.2. The maximum absolute atomic E-state index is 13.6. The predicted octanol–water partition coefficient (Wildman–Crippen LogP) is 1.40. The molecular weight excluding hydrogens is 375 g/mol. The monoisotopic (exact) mass is 390 g/mol. The van der Waals surface area contributed by atoms with Crippen molar-refractivity contribution in [3.05, 3.63) is 50.9 Å². The average Bonchev–Trinajstić information content (AvgIpc) is 2.63. The van der Waals surface area contributed by atoms with Crippen molar-refractivity contribution in [1.29, 1.82) is 0 Å². The maximum atomic E-state index is 13.6. The van der Waals surface area contributed by atoms with Crippen LogP contribution in [0.5, 0.6) is 0 Å². The van der Waals surface area contributed by atoms with Gasteiger partial charge in [-0.1, -0.05) is 23.9 Å². The Balaban J connectivity index is 2.40. The van der Waals surface area contributed by atoms with E-state index in [0.717, 1.165) is 16.3 Å². The summed E-state index contributed by atoms with van der Waals surface area (Å²) in [5.74, 6) is -1.49. The fraction of sp³-hybridized carbons (Fsp3) is 0.235. The molecule has 0 bridgehead atoms. The van der Waals surface area contributed by atoms with E-state index in [9.17, 15) is 23.9 Å². The van der Waals surface area contributed by atoms with E-state index in [1.165, 1.54) is 43.8 Å². The van der Waals surface area contributed by atoms with Crippen LogP contribution in [-0.2, 0) is 18.9 Å². The Morgan fingerprint density at radius 1 is 1.22 bits per heavy atom. The zero-order chi connectivity index (χ0) is 19.9. The summed E-state index contributed by atoms with van der Waals surface area (Å²) in [7, 11) is 2.77. The SMILES string of the molecule is C[C@@H](Sc1nc(-c2cccc(F)c2)nc2c1c(=O)n(C)c(=O)n2C)C(=O)O. The topological polar surface area (TPSA) is 107 Å². The Kier molecular flexibility index (Phi) is 4.83. The number of thioether (sulfide) groups is 1. The van der Waals surface area contributed by atoms with Gasteiger partial charge < -0.3 is 5.11 Å². The number of carbonyl (C=O) groups is 1. The van der Waals surface area contributed by atoms with E-state index in [1.54, 1.807) is 6.07 Å². The van der Waals surface area contributed by atoms with E-state index in [0.29, 0.717) is 5.56 Å². The van der Waals surface area contributed by atoms with Crippen molar-refractivity contribution in [2.45, 2.75) is 17.2 Å². The van der Waals surface area contributed by atoms with Crippen LogP contribution in [0.4, 0.5) is 4.39 Å². The molecule has 0 unspecified atom stereocenters. The third kappa shape index (κ3) is 3.35.